The van der Waals surface area contributed by atoms with E-state index in [9.17, 15) is 14.4 Å². The van der Waals surface area contributed by atoms with Crippen LogP contribution in [0, 0.1) is 5.92 Å². The molecule has 1 aliphatic rings. The van der Waals surface area contributed by atoms with Crippen LogP contribution in [-0.2, 0) is 20.7 Å². The molecule has 94 valence electrons. The second-order valence-electron chi connectivity index (χ2n) is 3.97. The summed E-state index contributed by atoms with van der Waals surface area (Å²) >= 11 is 5.97. The molecule has 0 radical (unpaired) electrons. The molecule has 0 spiro atoms. The molecule has 4 nitrogen and oxygen atoms in total. The molecule has 1 aromatic carbocycles. The number of hydrogen-bond donors (Lipinski definition) is 0. The van der Waals surface area contributed by atoms with Gasteiger partial charge in [0.05, 0.1) is 12.5 Å². The standard InChI is InChI=1S/C13H11ClO4/c1-2-18-13(17)12(16)9-6-8-7(11(9)15)4-3-5-10(8)14/h3-5,9H,2,6H2,1H3. The van der Waals surface area contributed by atoms with E-state index in [1.54, 1.807) is 25.1 Å². The van der Waals surface area contributed by atoms with Crippen LogP contribution in [0.1, 0.15) is 22.8 Å². The number of rotatable bonds is 3. The van der Waals surface area contributed by atoms with Crippen LogP contribution in [0.4, 0.5) is 0 Å². The van der Waals surface area contributed by atoms with Crippen LogP contribution in [0.25, 0.3) is 0 Å². The van der Waals surface area contributed by atoms with Gasteiger partial charge in [-0.2, -0.15) is 0 Å². The Bertz CT molecular complexity index is 536. The van der Waals surface area contributed by atoms with E-state index in [0.29, 0.717) is 16.1 Å². The lowest BCUT2D eigenvalue weighted by Gasteiger charge is -2.05. The van der Waals surface area contributed by atoms with Crippen LogP contribution in [0.15, 0.2) is 18.2 Å². The van der Waals surface area contributed by atoms with E-state index in [4.69, 9.17) is 11.6 Å². The number of ether oxygens (including phenoxy) is 1. The van der Waals surface area contributed by atoms with E-state index in [1.165, 1.54) is 0 Å². The first kappa shape index (κ1) is 12.8. The van der Waals surface area contributed by atoms with Crippen molar-refractivity contribution in [3.63, 3.8) is 0 Å². The smallest absolute Gasteiger partial charge is 0.375 e. The molecule has 2 rings (SSSR count). The Balaban J connectivity index is 2.27. The van der Waals surface area contributed by atoms with Gasteiger partial charge in [-0.25, -0.2) is 4.79 Å². The Morgan fingerprint density at radius 2 is 2.17 bits per heavy atom. The van der Waals surface area contributed by atoms with Crippen molar-refractivity contribution < 1.29 is 19.1 Å². The minimum absolute atomic E-state index is 0.110. The van der Waals surface area contributed by atoms with Gasteiger partial charge >= 0.3 is 5.97 Å². The molecule has 1 aromatic rings. The molecule has 5 heteroatoms. The normalized spacial score (nSPS) is 17.4. The summed E-state index contributed by atoms with van der Waals surface area (Å²) in [5.41, 5.74) is 1.05. The largest absolute Gasteiger partial charge is 0.460 e. The highest BCUT2D eigenvalue weighted by atomic mass is 35.5. The maximum Gasteiger partial charge on any atom is 0.375 e. The minimum atomic E-state index is -0.987. The fourth-order valence-electron chi connectivity index (χ4n) is 2.04. The maximum absolute atomic E-state index is 12.0. The fourth-order valence-corrected chi connectivity index (χ4v) is 2.29. The van der Waals surface area contributed by atoms with E-state index in [2.05, 4.69) is 4.74 Å². The number of benzene rings is 1. The SMILES string of the molecule is CCOC(=O)C(=O)C1Cc2c(Cl)cccc2C1=O. The molecular formula is C13H11ClO4. The summed E-state index contributed by atoms with van der Waals surface area (Å²) in [7, 11) is 0. The first-order chi connectivity index (χ1) is 8.56. The molecule has 0 heterocycles. The highest BCUT2D eigenvalue weighted by molar-refractivity contribution is 6.41. The van der Waals surface area contributed by atoms with E-state index in [-0.39, 0.29) is 18.8 Å². The maximum atomic E-state index is 12.0. The third-order valence-corrected chi connectivity index (χ3v) is 3.26. The van der Waals surface area contributed by atoms with E-state index < -0.39 is 17.7 Å². The zero-order valence-corrected chi connectivity index (χ0v) is 10.5. The lowest BCUT2D eigenvalue weighted by molar-refractivity contribution is -0.154. The zero-order valence-electron chi connectivity index (χ0n) is 9.73. The topological polar surface area (TPSA) is 60.4 Å². The van der Waals surface area contributed by atoms with Crippen molar-refractivity contribution >= 4 is 29.1 Å². The van der Waals surface area contributed by atoms with Crippen LogP contribution in [0.3, 0.4) is 0 Å². The van der Waals surface area contributed by atoms with Crippen molar-refractivity contribution in [1.29, 1.82) is 0 Å². The van der Waals surface area contributed by atoms with Gasteiger partial charge in [0, 0.05) is 10.6 Å². The number of fused-ring (bicyclic) bond motifs is 1. The quantitative estimate of drug-likeness (QED) is 0.476. The molecule has 0 amide bonds. The lowest BCUT2D eigenvalue weighted by atomic mass is 10.00. The summed E-state index contributed by atoms with van der Waals surface area (Å²) in [5, 5.41) is 0.444. The van der Waals surface area contributed by atoms with Crippen molar-refractivity contribution in [3.8, 4) is 0 Å². The van der Waals surface area contributed by atoms with E-state index >= 15 is 0 Å². The molecule has 0 fully saturated rings. The van der Waals surface area contributed by atoms with Gasteiger partial charge in [-0.1, -0.05) is 23.7 Å². The van der Waals surface area contributed by atoms with Gasteiger partial charge < -0.3 is 4.74 Å². The zero-order chi connectivity index (χ0) is 13.3. The van der Waals surface area contributed by atoms with Crippen LogP contribution in [0.2, 0.25) is 5.02 Å². The molecule has 0 saturated heterocycles. The van der Waals surface area contributed by atoms with Crippen LogP contribution < -0.4 is 0 Å². The van der Waals surface area contributed by atoms with Crippen LogP contribution >= 0.6 is 11.6 Å². The van der Waals surface area contributed by atoms with E-state index in [0.717, 1.165) is 0 Å². The number of carbonyl (C=O) groups excluding carboxylic acids is 3. The van der Waals surface area contributed by atoms with Crippen molar-refractivity contribution in [1.82, 2.24) is 0 Å². The molecule has 0 bridgehead atoms. The fraction of sp³-hybridized carbons (Fsp3) is 0.308. The van der Waals surface area contributed by atoms with Crippen LogP contribution in [0.5, 0.6) is 0 Å². The van der Waals surface area contributed by atoms with Gasteiger partial charge in [-0.3, -0.25) is 9.59 Å². The third-order valence-electron chi connectivity index (χ3n) is 2.90. The highest BCUT2D eigenvalue weighted by Gasteiger charge is 2.40. The van der Waals surface area contributed by atoms with Gasteiger partial charge in [0.2, 0.25) is 0 Å². The summed E-state index contributed by atoms with van der Waals surface area (Å²) in [6.45, 7) is 1.71. The number of esters is 1. The Labute approximate surface area is 109 Å². The average Bonchev–Trinajstić information content (AvgIpc) is 2.68. The number of hydrogen-bond acceptors (Lipinski definition) is 4. The molecule has 0 N–H and O–H groups in total. The van der Waals surface area contributed by atoms with Gasteiger partial charge in [0.15, 0.2) is 5.78 Å². The summed E-state index contributed by atoms with van der Waals surface area (Å²) in [5.74, 6) is -3.10. The first-order valence-corrected chi connectivity index (χ1v) is 5.96. The summed E-state index contributed by atoms with van der Waals surface area (Å²) in [6, 6.07) is 4.92. The summed E-state index contributed by atoms with van der Waals surface area (Å²) < 4.78 is 4.62. The van der Waals surface area contributed by atoms with Crippen molar-refractivity contribution in [3.05, 3.63) is 34.3 Å². The molecular weight excluding hydrogens is 256 g/mol. The molecule has 1 aliphatic carbocycles. The Morgan fingerprint density at radius 1 is 1.44 bits per heavy atom. The third kappa shape index (κ3) is 2.04. The second kappa shape index (κ2) is 4.90. The molecule has 0 aliphatic heterocycles. The molecule has 1 atom stereocenters. The molecule has 18 heavy (non-hydrogen) atoms. The van der Waals surface area contributed by atoms with Gasteiger partial charge in [0.1, 0.15) is 0 Å². The monoisotopic (exact) mass is 266 g/mol. The Morgan fingerprint density at radius 3 is 2.78 bits per heavy atom. The first-order valence-electron chi connectivity index (χ1n) is 5.58. The molecule has 0 aromatic heterocycles. The summed E-state index contributed by atoms with van der Waals surface area (Å²) in [4.78, 5) is 35.2. The van der Waals surface area contributed by atoms with Gasteiger partial charge in [0.25, 0.3) is 5.78 Å². The number of ketones is 2. The predicted molar refractivity (Wildman–Crippen MR) is 64.6 cm³/mol. The van der Waals surface area contributed by atoms with Crippen molar-refractivity contribution in [2.75, 3.05) is 6.61 Å². The van der Waals surface area contributed by atoms with Gasteiger partial charge in [-0.15, -0.1) is 0 Å². The number of carbonyl (C=O) groups is 3. The van der Waals surface area contributed by atoms with Crippen molar-refractivity contribution in [2.45, 2.75) is 13.3 Å². The minimum Gasteiger partial charge on any atom is -0.460 e. The molecule has 0 saturated carbocycles. The predicted octanol–water partition coefficient (Wildman–Crippen LogP) is 1.83. The number of halogens is 1. The Kier molecular flexibility index (Phi) is 3.48. The Hall–Kier alpha value is -1.68. The van der Waals surface area contributed by atoms with Crippen molar-refractivity contribution in [2.24, 2.45) is 5.92 Å². The second-order valence-corrected chi connectivity index (χ2v) is 4.38. The van der Waals surface area contributed by atoms with Crippen LogP contribution in [-0.4, -0.2) is 24.1 Å². The highest BCUT2D eigenvalue weighted by Crippen LogP contribution is 2.32. The van der Waals surface area contributed by atoms with Gasteiger partial charge in [-0.05, 0) is 25.0 Å². The average molecular weight is 267 g/mol. The summed E-state index contributed by atoms with van der Waals surface area (Å²) in [6.07, 6.45) is 0.172. The van der Waals surface area contributed by atoms with E-state index in [1.807, 2.05) is 0 Å². The lowest BCUT2D eigenvalue weighted by Crippen LogP contribution is -2.29. The number of Topliss-reactive ketones (excluding diaryl/α,β-unsaturated/α-hetero) is 2. The molecule has 1 unspecified atom stereocenters.